The first-order valence-electron chi connectivity index (χ1n) is 2.98. The summed E-state index contributed by atoms with van der Waals surface area (Å²) < 4.78 is 36.5. The highest BCUT2D eigenvalue weighted by molar-refractivity contribution is 5.39. The molecule has 0 aliphatic carbocycles. The van der Waals surface area contributed by atoms with E-state index in [1.807, 2.05) is 0 Å². The number of nitrogen functional groups attached to an aromatic ring is 1. The number of hydrogen-bond acceptors (Lipinski definition) is 2. The van der Waals surface area contributed by atoms with Crippen LogP contribution in [0.25, 0.3) is 0 Å². The van der Waals surface area contributed by atoms with Gasteiger partial charge in [-0.05, 0) is 0 Å². The second-order valence-electron chi connectivity index (χ2n) is 2.12. The minimum atomic E-state index is -3.07. The van der Waals surface area contributed by atoms with Crippen LogP contribution in [0.4, 0.5) is 18.9 Å². The van der Waals surface area contributed by atoms with Crippen LogP contribution in [0.15, 0.2) is 10.9 Å². The van der Waals surface area contributed by atoms with Crippen molar-refractivity contribution in [2.24, 2.45) is 0 Å². The summed E-state index contributed by atoms with van der Waals surface area (Å²) in [6.45, 7) is 0. The molecule has 3 nitrogen and oxygen atoms in total. The summed E-state index contributed by atoms with van der Waals surface area (Å²) >= 11 is 0. The zero-order valence-corrected chi connectivity index (χ0v) is 5.77. The average Bonchev–Trinajstić information content (AvgIpc) is 1.96. The number of aromatic nitrogens is 1. The van der Waals surface area contributed by atoms with Crippen LogP contribution in [0.1, 0.15) is 12.1 Å². The van der Waals surface area contributed by atoms with E-state index in [9.17, 15) is 18.0 Å². The Hall–Kier alpha value is -1.46. The normalized spacial score (nSPS) is 10.7. The highest BCUT2D eigenvalue weighted by Crippen LogP contribution is 2.20. The molecule has 66 valence electrons. The van der Waals surface area contributed by atoms with Crippen molar-refractivity contribution in [1.82, 2.24) is 4.98 Å². The summed E-state index contributed by atoms with van der Waals surface area (Å²) in [6, 6.07) is 0.710. The largest absolute Gasteiger partial charge is 0.396 e. The van der Waals surface area contributed by atoms with Gasteiger partial charge in [-0.3, -0.25) is 4.79 Å². The van der Waals surface area contributed by atoms with E-state index in [1.54, 1.807) is 4.98 Å². The topological polar surface area (TPSA) is 58.9 Å². The molecule has 0 saturated carbocycles. The fourth-order valence-electron chi connectivity index (χ4n) is 0.734. The van der Waals surface area contributed by atoms with E-state index < -0.39 is 29.2 Å². The van der Waals surface area contributed by atoms with Gasteiger partial charge in [0.1, 0.15) is 5.69 Å². The molecule has 1 aromatic rings. The summed E-state index contributed by atoms with van der Waals surface area (Å²) in [6.07, 6.45) is -3.07. The quantitative estimate of drug-likeness (QED) is 0.674. The number of pyridine rings is 1. The van der Waals surface area contributed by atoms with E-state index in [-0.39, 0.29) is 0 Å². The molecule has 0 bridgehead atoms. The van der Waals surface area contributed by atoms with Crippen molar-refractivity contribution in [2.45, 2.75) is 6.43 Å². The number of H-pyrrole nitrogens is 1. The molecule has 0 aromatic carbocycles. The van der Waals surface area contributed by atoms with Gasteiger partial charge in [-0.1, -0.05) is 0 Å². The molecule has 0 saturated heterocycles. The van der Waals surface area contributed by atoms with Crippen molar-refractivity contribution in [2.75, 3.05) is 5.73 Å². The monoisotopic (exact) mass is 178 g/mol. The molecule has 0 unspecified atom stereocenters. The van der Waals surface area contributed by atoms with Crippen LogP contribution in [-0.4, -0.2) is 4.98 Å². The maximum atomic E-state index is 12.7. The van der Waals surface area contributed by atoms with Gasteiger partial charge in [-0.25, -0.2) is 13.2 Å². The molecule has 3 N–H and O–H groups in total. The van der Waals surface area contributed by atoms with E-state index in [0.717, 1.165) is 0 Å². The van der Waals surface area contributed by atoms with Crippen LogP contribution in [0, 0.1) is 5.82 Å². The third-order valence-corrected chi connectivity index (χ3v) is 1.25. The number of halogens is 3. The van der Waals surface area contributed by atoms with Crippen molar-refractivity contribution in [1.29, 1.82) is 0 Å². The molecule has 0 amide bonds. The highest BCUT2D eigenvalue weighted by atomic mass is 19.3. The van der Waals surface area contributed by atoms with E-state index >= 15 is 0 Å². The molecule has 0 aliphatic rings. The first-order valence-corrected chi connectivity index (χ1v) is 2.98. The molecule has 1 aromatic heterocycles. The Morgan fingerprint density at radius 1 is 1.50 bits per heavy atom. The summed E-state index contributed by atoms with van der Waals surface area (Å²) in [5, 5.41) is 0. The lowest BCUT2D eigenvalue weighted by molar-refractivity contribution is 0.140. The van der Waals surface area contributed by atoms with Gasteiger partial charge in [0.2, 0.25) is 0 Å². The number of nitrogens with one attached hydrogen (secondary N) is 1. The Morgan fingerprint density at radius 3 is 2.58 bits per heavy atom. The highest BCUT2D eigenvalue weighted by Gasteiger charge is 2.16. The summed E-state index contributed by atoms with van der Waals surface area (Å²) in [5.41, 5.74) is 2.44. The molecular weight excluding hydrogens is 173 g/mol. The van der Waals surface area contributed by atoms with E-state index in [2.05, 4.69) is 0 Å². The molecule has 0 fully saturated rings. The molecule has 0 spiro atoms. The fourth-order valence-corrected chi connectivity index (χ4v) is 0.734. The first-order chi connectivity index (χ1) is 5.52. The Labute approximate surface area is 65.0 Å². The third kappa shape index (κ3) is 1.41. The third-order valence-electron chi connectivity index (χ3n) is 1.25. The van der Waals surface area contributed by atoms with Crippen LogP contribution in [0.2, 0.25) is 0 Å². The van der Waals surface area contributed by atoms with Gasteiger partial charge < -0.3 is 10.7 Å². The Morgan fingerprint density at radius 2 is 2.08 bits per heavy atom. The van der Waals surface area contributed by atoms with Crippen LogP contribution < -0.4 is 11.3 Å². The van der Waals surface area contributed by atoms with Crippen molar-refractivity contribution in [3.05, 3.63) is 27.9 Å². The molecule has 12 heavy (non-hydrogen) atoms. The number of aromatic amines is 1. The van der Waals surface area contributed by atoms with Crippen molar-refractivity contribution in [3.8, 4) is 0 Å². The molecule has 0 aliphatic heterocycles. The van der Waals surface area contributed by atoms with E-state index in [0.29, 0.717) is 6.07 Å². The number of alkyl halides is 2. The lowest BCUT2D eigenvalue weighted by atomic mass is 10.3. The number of rotatable bonds is 1. The van der Waals surface area contributed by atoms with E-state index in [4.69, 9.17) is 5.73 Å². The molecule has 1 rings (SSSR count). The van der Waals surface area contributed by atoms with Gasteiger partial charge in [0, 0.05) is 6.07 Å². The predicted octanol–water partition coefficient (Wildman–Crippen LogP) is 1.03. The summed E-state index contributed by atoms with van der Waals surface area (Å²) in [4.78, 5) is 12.2. The maximum Gasteiger partial charge on any atom is 0.281 e. The lowest BCUT2D eigenvalue weighted by Gasteiger charge is -2.02. The number of nitrogens with two attached hydrogens (primary N) is 1. The van der Waals surface area contributed by atoms with Gasteiger partial charge in [0.15, 0.2) is 5.82 Å². The predicted molar refractivity (Wildman–Crippen MR) is 36.4 cm³/mol. The maximum absolute atomic E-state index is 12.7. The van der Waals surface area contributed by atoms with Crippen molar-refractivity contribution in [3.63, 3.8) is 0 Å². The number of anilines is 1. The number of hydrogen-bond donors (Lipinski definition) is 2. The summed E-state index contributed by atoms with van der Waals surface area (Å²) in [5.74, 6) is -1.27. The second-order valence-corrected chi connectivity index (χ2v) is 2.12. The average molecular weight is 178 g/mol. The smallest absolute Gasteiger partial charge is 0.281 e. The van der Waals surface area contributed by atoms with Gasteiger partial charge in [-0.15, -0.1) is 0 Å². The van der Waals surface area contributed by atoms with Crippen LogP contribution in [-0.2, 0) is 0 Å². The standard InChI is InChI=1S/C6H5F3N2O/c7-4-2(10)1-3(12)11-5(4)6(8)9/h1,6H,(H3,10,11,12). The second kappa shape index (κ2) is 2.88. The molecule has 1 heterocycles. The van der Waals surface area contributed by atoms with Crippen LogP contribution >= 0.6 is 0 Å². The first kappa shape index (κ1) is 8.63. The van der Waals surface area contributed by atoms with Gasteiger partial charge >= 0.3 is 0 Å². The minimum Gasteiger partial charge on any atom is -0.396 e. The van der Waals surface area contributed by atoms with Gasteiger partial charge in [0.25, 0.3) is 12.0 Å². The van der Waals surface area contributed by atoms with Crippen LogP contribution in [0.3, 0.4) is 0 Å². The molecule has 6 heteroatoms. The van der Waals surface area contributed by atoms with Crippen LogP contribution in [0.5, 0.6) is 0 Å². The Kier molecular flexibility index (Phi) is 2.07. The van der Waals surface area contributed by atoms with Gasteiger partial charge in [-0.2, -0.15) is 0 Å². The lowest BCUT2D eigenvalue weighted by Crippen LogP contribution is -2.12. The van der Waals surface area contributed by atoms with E-state index in [1.165, 1.54) is 0 Å². The molecule has 0 atom stereocenters. The van der Waals surface area contributed by atoms with Crippen molar-refractivity contribution < 1.29 is 13.2 Å². The molecular formula is C6H5F3N2O. The van der Waals surface area contributed by atoms with Gasteiger partial charge in [0.05, 0.1) is 5.69 Å². The minimum absolute atomic E-state index is 0.575. The zero-order valence-electron chi connectivity index (χ0n) is 5.77. The Bertz CT molecular complexity index is 347. The Balaban J connectivity index is 3.38. The summed E-state index contributed by atoms with van der Waals surface area (Å²) in [7, 11) is 0. The zero-order chi connectivity index (χ0) is 9.30. The SMILES string of the molecule is Nc1cc(=O)[nH]c(C(F)F)c1F. The fraction of sp³-hybridized carbons (Fsp3) is 0.167. The van der Waals surface area contributed by atoms with Crippen molar-refractivity contribution >= 4 is 5.69 Å². The molecule has 0 radical (unpaired) electrons.